The van der Waals surface area contributed by atoms with E-state index in [1.54, 1.807) is 12.2 Å². The van der Waals surface area contributed by atoms with Crippen LogP contribution >= 0.6 is 0 Å². The molecule has 0 aromatic carbocycles. The molecule has 1 unspecified atom stereocenters. The summed E-state index contributed by atoms with van der Waals surface area (Å²) in [6.45, 7) is 10.8. The second-order valence-corrected chi connectivity index (χ2v) is 3.29. The predicted molar refractivity (Wildman–Crippen MR) is 71.2 cm³/mol. The Kier molecular flexibility index (Phi) is 8.96. The number of hydrogen-bond donors (Lipinski definition) is 1. The summed E-state index contributed by atoms with van der Waals surface area (Å²) in [6, 6.07) is 0. The van der Waals surface area contributed by atoms with Crippen LogP contribution in [0, 0.1) is 0 Å². The summed E-state index contributed by atoms with van der Waals surface area (Å²) in [5, 5.41) is 3.13. The molecule has 1 aliphatic heterocycles. The van der Waals surface area contributed by atoms with Crippen molar-refractivity contribution < 1.29 is 9.53 Å². The first-order valence-corrected chi connectivity index (χ1v) is 5.98. The van der Waals surface area contributed by atoms with Crippen LogP contribution in [0.4, 0.5) is 0 Å². The summed E-state index contributed by atoms with van der Waals surface area (Å²) in [5.41, 5.74) is 0.430. The molecule has 1 N–H and O–H groups in total. The number of ether oxygens (including phenoxy) is 1. The number of aliphatic imine (C=N–C) groups is 1. The average Bonchev–Trinajstić information content (AvgIpc) is 2.84. The first kappa shape index (κ1) is 15.6. The number of nitrogens with one attached hydrogen (secondary N) is 1. The van der Waals surface area contributed by atoms with Gasteiger partial charge in [-0.1, -0.05) is 26.0 Å². The lowest BCUT2D eigenvalue weighted by atomic mass is 10.2. The number of rotatable bonds is 4. The molecule has 0 amide bonds. The van der Waals surface area contributed by atoms with Gasteiger partial charge in [0.1, 0.15) is 6.10 Å². The predicted octanol–water partition coefficient (Wildman–Crippen LogP) is 2.08. The van der Waals surface area contributed by atoms with Crippen molar-refractivity contribution in [1.82, 2.24) is 5.32 Å². The molecule has 0 aromatic rings. The maximum absolute atomic E-state index is 11.6. The Bertz CT molecular complexity index is 290. The zero-order valence-electron chi connectivity index (χ0n) is 10.9. The Morgan fingerprint density at radius 3 is 2.71 bits per heavy atom. The Hall–Kier alpha value is -1.42. The highest BCUT2D eigenvalue weighted by molar-refractivity contribution is 5.91. The zero-order valence-corrected chi connectivity index (χ0v) is 10.9. The highest BCUT2D eigenvalue weighted by Crippen LogP contribution is 2.08. The molecule has 0 aromatic heterocycles. The fourth-order valence-electron chi connectivity index (χ4n) is 1.39. The van der Waals surface area contributed by atoms with Crippen LogP contribution in [-0.4, -0.2) is 31.9 Å². The van der Waals surface area contributed by atoms with Crippen LogP contribution in [-0.2, 0) is 9.53 Å². The minimum Gasteiger partial charge on any atom is -0.457 e. The summed E-state index contributed by atoms with van der Waals surface area (Å²) in [7, 11) is 0. The van der Waals surface area contributed by atoms with Crippen molar-refractivity contribution in [3.05, 3.63) is 23.9 Å². The molecule has 1 atom stereocenters. The second kappa shape index (κ2) is 9.78. The number of carbonyl (C=O) groups is 1. The number of carbonyl (C=O) groups excluding carboxylic acids is 1. The van der Waals surface area contributed by atoms with E-state index < -0.39 is 0 Å². The molecule has 4 heteroatoms. The van der Waals surface area contributed by atoms with E-state index in [0.717, 1.165) is 19.5 Å². The van der Waals surface area contributed by atoms with Gasteiger partial charge in [-0.25, -0.2) is 4.79 Å². The van der Waals surface area contributed by atoms with Crippen LogP contribution in [0.2, 0.25) is 0 Å². The van der Waals surface area contributed by atoms with E-state index >= 15 is 0 Å². The van der Waals surface area contributed by atoms with Crippen LogP contribution in [0.3, 0.4) is 0 Å². The van der Waals surface area contributed by atoms with Gasteiger partial charge in [0.15, 0.2) is 0 Å². The monoisotopic (exact) mass is 238 g/mol. The molecule has 1 heterocycles. The maximum Gasteiger partial charge on any atom is 0.340 e. The summed E-state index contributed by atoms with van der Waals surface area (Å²) in [4.78, 5) is 15.2. The topological polar surface area (TPSA) is 50.7 Å². The minimum atomic E-state index is -0.339. The van der Waals surface area contributed by atoms with Crippen LogP contribution in [0.1, 0.15) is 27.2 Å². The number of hydrogen-bond acceptors (Lipinski definition) is 4. The Morgan fingerprint density at radius 2 is 2.24 bits per heavy atom. The van der Waals surface area contributed by atoms with Crippen LogP contribution in [0.25, 0.3) is 0 Å². The van der Waals surface area contributed by atoms with Gasteiger partial charge in [0, 0.05) is 12.7 Å². The third kappa shape index (κ3) is 6.02. The van der Waals surface area contributed by atoms with Crippen molar-refractivity contribution >= 4 is 12.7 Å². The molecule has 17 heavy (non-hydrogen) atoms. The molecular weight excluding hydrogens is 216 g/mol. The van der Waals surface area contributed by atoms with E-state index in [9.17, 15) is 4.79 Å². The molecule has 96 valence electrons. The van der Waals surface area contributed by atoms with E-state index in [1.165, 1.54) is 6.20 Å². The molecule has 1 aliphatic rings. The fraction of sp³-hybridized carbons (Fsp3) is 0.538. The molecule has 0 radical (unpaired) electrons. The third-order valence-electron chi connectivity index (χ3n) is 2.10. The van der Waals surface area contributed by atoms with Crippen molar-refractivity contribution in [2.75, 3.05) is 13.1 Å². The lowest BCUT2D eigenvalue weighted by Gasteiger charge is -2.10. The maximum atomic E-state index is 11.6. The standard InChI is InChI=1S/C11H16N2O2.C2H6/c1-3-4-9(7-12-2)11(14)15-10-5-6-13-8-10;1-2/h3-4,7,10,13H,2,5-6,8H2,1H3;1-2H3/b4-3-,9-7+;. The SMILES string of the molecule is C=N/C=C(\C=C/C)C(=O)OC1CCNC1.CC. The molecule has 1 fully saturated rings. The van der Waals surface area contributed by atoms with Gasteiger partial charge in [-0.3, -0.25) is 4.99 Å². The lowest BCUT2D eigenvalue weighted by Crippen LogP contribution is -2.21. The number of allylic oxidation sites excluding steroid dienone is 1. The largest absolute Gasteiger partial charge is 0.457 e. The summed E-state index contributed by atoms with van der Waals surface area (Å²) >= 11 is 0. The minimum absolute atomic E-state index is 0.0176. The van der Waals surface area contributed by atoms with Crippen molar-refractivity contribution in [1.29, 1.82) is 0 Å². The van der Waals surface area contributed by atoms with Crippen LogP contribution in [0.15, 0.2) is 28.9 Å². The van der Waals surface area contributed by atoms with Gasteiger partial charge in [0.25, 0.3) is 0 Å². The highest BCUT2D eigenvalue weighted by atomic mass is 16.5. The van der Waals surface area contributed by atoms with Gasteiger partial charge in [0.2, 0.25) is 0 Å². The Labute approximate surface area is 103 Å². The molecular formula is C13H22N2O2. The smallest absolute Gasteiger partial charge is 0.340 e. The molecule has 4 nitrogen and oxygen atoms in total. The second-order valence-electron chi connectivity index (χ2n) is 3.29. The van der Waals surface area contributed by atoms with Gasteiger partial charge < -0.3 is 10.1 Å². The van der Waals surface area contributed by atoms with Gasteiger partial charge in [-0.2, -0.15) is 0 Å². The van der Waals surface area contributed by atoms with Gasteiger partial charge in [0.05, 0.1) is 5.57 Å². The van der Waals surface area contributed by atoms with Crippen molar-refractivity contribution in [2.24, 2.45) is 4.99 Å². The first-order valence-electron chi connectivity index (χ1n) is 5.98. The third-order valence-corrected chi connectivity index (χ3v) is 2.10. The molecule has 0 aliphatic carbocycles. The van der Waals surface area contributed by atoms with Crippen LogP contribution < -0.4 is 5.32 Å². The Balaban J connectivity index is 0.00000121. The van der Waals surface area contributed by atoms with Crippen LogP contribution in [0.5, 0.6) is 0 Å². The van der Waals surface area contributed by atoms with Gasteiger partial charge in [-0.05, 0) is 26.6 Å². The van der Waals surface area contributed by atoms with Gasteiger partial charge >= 0.3 is 5.97 Å². The van der Waals surface area contributed by atoms with E-state index in [1.807, 2.05) is 20.8 Å². The van der Waals surface area contributed by atoms with E-state index in [0.29, 0.717) is 5.57 Å². The molecule has 0 bridgehead atoms. The summed E-state index contributed by atoms with van der Waals surface area (Å²) in [5.74, 6) is -0.339. The molecule has 1 saturated heterocycles. The Morgan fingerprint density at radius 1 is 1.53 bits per heavy atom. The fourth-order valence-corrected chi connectivity index (χ4v) is 1.39. The summed E-state index contributed by atoms with van der Waals surface area (Å²) < 4.78 is 5.27. The molecule has 0 saturated carbocycles. The number of nitrogens with zero attached hydrogens (tertiary/aromatic N) is 1. The van der Waals surface area contributed by atoms with E-state index in [-0.39, 0.29) is 12.1 Å². The first-order chi connectivity index (χ1) is 8.27. The lowest BCUT2D eigenvalue weighted by molar-refractivity contribution is -0.142. The van der Waals surface area contributed by atoms with Crippen molar-refractivity contribution in [3.8, 4) is 0 Å². The average molecular weight is 238 g/mol. The summed E-state index contributed by atoms with van der Waals surface area (Å²) in [6.07, 6.45) is 5.70. The quantitative estimate of drug-likeness (QED) is 0.353. The molecule has 1 rings (SSSR count). The normalized spacial score (nSPS) is 19.7. The zero-order chi connectivity index (χ0) is 13.1. The molecule has 0 spiro atoms. The highest BCUT2D eigenvalue weighted by Gasteiger charge is 2.19. The van der Waals surface area contributed by atoms with E-state index in [2.05, 4.69) is 17.0 Å². The van der Waals surface area contributed by atoms with Gasteiger partial charge in [-0.15, -0.1) is 0 Å². The van der Waals surface area contributed by atoms with Crippen molar-refractivity contribution in [2.45, 2.75) is 33.3 Å². The van der Waals surface area contributed by atoms with Crippen molar-refractivity contribution in [3.63, 3.8) is 0 Å². The number of esters is 1. The van der Waals surface area contributed by atoms with E-state index in [4.69, 9.17) is 4.74 Å².